The minimum atomic E-state index is -0.907. The number of carbonyl (C=O) groups is 2. The average molecular weight is 585 g/mol. The number of anilines is 1. The maximum Gasteiger partial charge on any atom is 0.301 e. The van der Waals surface area contributed by atoms with Gasteiger partial charge in [0.05, 0.1) is 35.5 Å². The Balaban J connectivity index is 1.47. The van der Waals surface area contributed by atoms with Crippen molar-refractivity contribution in [2.24, 2.45) is 0 Å². The second kappa shape index (κ2) is 11.5. The summed E-state index contributed by atoms with van der Waals surface area (Å²) in [5.41, 5.74) is 2.72. The average Bonchev–Trinajstić information content (AvgIpc) is 3.66. The normalized spacial score (nSPS) is 19.3. The van der Waals surface area contributed by atoms with Gasteiger partial charge in [-0.05, 0) is 73.0 Å². The predicted octanol–water partition coefficient (Wildman–Crippen LogP) is 6.82. The van der Waals surface area contributed by atoms with Crippen LogP contribution < -0.4 is 19.1 Å². The molecule has 3 heterocycles. The fraction of sp³-hybridized carbons (Fsp3) is 0.303. The number of amides is 1. The first-order valence-electron chi connectivity index (χ1n) is 14.2. The molecule has 2 atom stereocenters. The van der Waals surface area contributed by atoms with E-state index < -0.39 is 17.7 Å². The van der Waals surface area contributed by atoms with Crippen molar-refractivity contribution in [2.45, 2.75) is 51.7 Å². The van der Waals surface area contributed by atoms with E-state index in [1.807, 2.05) is 49.4 Å². The molecule has 1 fully saturated rings. The van der Waals surface area contributed by atoms with Gasteiger partial charge in [-0.2, -0.15) is 0 Å². The first-order chi connectivity index (χ1) is 20.4. The van der Waals surface area contributed by atoms with Crippen LogP contribution in [-0.4, -0.2) is 41.6 Å². The van der Waals surface area contributed by atoms with Crippen LogP contribution in [-0.2, 0) is 16.0 Å². The molecule has 0 saturated carbocycles. The van der Waals surface area contributed by atoms with E-state index >= 15 is 0 Å². The molecule has 0 aliphatic carbocycles. The second-order valence-electron chi connectivity index (χ2n) is 10.6. The Labute approximate surface area is 248 Å². The number of hydrogen-bond acceptors (Lipinski definition) is 8. The van der Waals surface area contributed by atoms with Gasteiger partial charge in [-0.15, -0.1) is 0 Å². The first-order valence-corrected chi connectivity index (χ1v) is 15.0. The number of aliphatic hydroxyl groups excluding tert-OH is 1. The molecule has 0 bridgehead atoms. The third-order valence-electron chi connectivity index (χ3n) is 7.59. The van der Waals surface area contributed by atoms with Crippen LogP contribution in [0.3, 0.4) is 0 Å². The summed E-state index contributed by atoms with van der Waals surface area (Å²) in [6.45, 7) is 4.68. The Hall–Kier alpha value is -4.37. The van der Waals surface area contributed by atoms with Crippen LogP contribution in [0.15, 0.2) is 66.2 Å². The third-order valence-corrected chi connectivity index (χ3v) is 8.61. The number of aromatic nitrogens is 1. The molecule has 1 amide bonds. The second-order valence-corrected chi connectivity index (χ2v) is 11.6. The lowest BCUT2D eigenvalue weighted by atomic mass is 9.94. The number of carbonyl (C=O) groups excluding carboxylic acids is 2. The number of rotatable bonds is 9. The molecular formula is C33H32N2O6S. The number of fused-ring (bicyclic) bond motifs is 2. The maximum atomic E-state index is 13.7. The molecule has 0 radical (unpaired) electrons. The number of nitrogens with zero attached hydrogens (tertiary/aromatic N) is 2. The van der Waals surface area contributed by atoms with Crippen molar-refractivity contribution in [3.63, 3.8) is 0 Å². The Morgan fingerprint density at radius 1 is 1.10 bits per heavy atom. The van der Waals surface area contributed by atoms with Crippen LogP contribution in [0.5, 0.6) is 17.2 Å². The highest BCUT2D eigenvalue weighted by molar-refractivity contribution is 7.22. The van der Waals surface area contributed by atoms with Gasteiger partial charge < -0.3 is 19.3 Å². The summed E-state index contributed by atoms with van der Waals surface area (Å²) in [6.07, 6.45) is 3.79. The molecule has 0 spiro atoms. The van der Waals surface area contributed by atoms with Crippen molar-refractivity contribution in [1.29, 1.82) is 0 Å². The largest absolute Gasteiger partial charge is 0.507 e. The zero-order valence-electron chi connectivity index (χ0n) is 23.8. The van der Waals surface area contributed by atoms with Gasteiger partial charge >= 0.3 is 5.91 Å². The van der Waals surface area contributed by atoms with Crippen LogP contribution in [0.2, 0.25) is 0 Å². The highest BCUT2D eigenvalue weighted by atomic mass is 32.1. The maximum absolute atomic E-state index is 13.7. The van der Waals surface area contributed by atoms with Crippen molar-refractivity contribution in [3.05, 3.63) is 82.9 Å². The molecule has 1 saturated heterocycles. The number of ether oxygens (including phenoxy) is 3. The number of benzene rings is 3. The summed E-state index contributed by atoms with van der Waals surface area (Å²) < 4.78 is 18.0. The summed E-state index contributed by atoms with van der Waals surface area (Å²) in [4.78, 5) is 33.5. The van der Waals surface area contributed by atoms with E-state index in [1.165, 1.54) is 16.2 Å². The van der Waals surface area contributed by atoms with E-state index in [0.717, 1.165) is 35.3 Å². The lowest BCUT2D eigenvalue weighted by Crippen LogP contribution is -2.29. The molecule has 8 nitrogen and oxygen atoms in total. The standard InChI is InChI=1S/C33H32N2O6S/c1-4-5-6-14-40-24-9-7-8-20(17-24)29-28(30(36)21-10-13-26-22(16-21)15-19(2)41-26)31(37)32(38)35(29)33-34-25-12-11-23(39-3)18-27(25)42-33/h7-13,16-19,29,36H,4-6,14-15H2,1-3H3/t19-,29+/m0/s1. The Morgan fingerprint density at radius 2 is 1.95 bits per heavy atom. The fourth-order valence-corrected chi connectivity index (χ4v) is 6.53. The molecule has 1 N–H and O–H groups in total. The van der Waals surface area contributed by atoms with Crippen molar-refractivity contribution < 1.29 is 28.9 Å². The van der Waals surface area contributed by atoms with Gasteiger partial charge in [-0.3, -0.25) is 14.5 Å². The molecular weight excluding hydrogens is 552 g/mol. The highest BCUT2D eigenvalue weighted by Gasteiger charge is 2.48. The quantitative estimate of drug-likeness (QED) is 0.0997. The molecule has 216 valence electrons. The molecule has 6 rings (SSSR count). The monoisotopic (exact) mass is 584 g/mol. The van der Waals surface area contributed by atoms with Crippen LogP contribution in [0.4, 0.5) is 5.13 Å². The smallest absolute Gasteiger partial charge is 0.301 e. The SMILES string of the molecule is CCCCCOc1cccc([C@@H]2C(=C(O)c3ccc4c(c3)C[C@H](C)O4)C(=O)C(=O)N2c2nc3ccc(OC)cc3s2)c1. The number of unbranched alkanes of at least 4 members (excludes halogenated alkanes) is 2. The van der Waals surface area contributed by atoms with Gasteiger partial charge in [-0.25, -0.2) is 4.98 Å². The zero-order valence-corrected chi connectivity index (χ0v) is 24.6. The minimum Gasteiger partial charge on any atom is -0.507 e. The number of aliphatic hydroxyl groups is 1. The highest BCUT2D eigenvalue weighted by Crippen LogP contribution is 2.45. The molecule has 4 aromatic rings. The van der Waals surface area contributed by atoms with Crippen molar-refractivity contribution in [1.82, 2.24) is 4.98 Å². The molecule has 3 aromatic carbocycles. The number of thiazole rings is 1. The Kier molecular flexibility index (Phi) is 7.60. The van der Waals surface area contributed by atoms with E-state index in [2.05, 4.69) is 6.92 Å². The minimum absolute atomic E-state index is 0.00637. The summed E-state index contributed by atoms with van der Waals surface area (Å²) in [6, 6.07) is 17.3. The molecule has 1 aromatic heterocycles. The van der Waals surface area contributed by atoms with E-state index in [1.54, 1.807) is 25.3 Å². The summed E-state index contributed by atoms with van der Waals surface area (Å²) in [5.74, 6) is 0.300. The van der Waals surface area contributed by atoms with E-state index in [4.69, 9.17) is 19.2 Å². The molecule has 9 heteroatoms. The summed E-state index contributed by atoms with van der Waals surface area (Å²) in [5, 5.41) is 12.0. The number of Topliss-reactive ketones (excluding diaryl/α,β-unsaturated/α-hetero) is 1. The van der Waals surface area contributed by atoms with Gasteiger partial charge in [0.25, 0.3) is 5.78 Å². The lowest BCUT2D eigenvalue weighted by Gasteiger charge is -2.23. The fourth-order valence-electron chi connectivity index (χ4n) is 5.51. The topological polar surface area (TPSA) is 98.2 Å². The first kappa shape index (κ1) is 27.8. The van der Waals surface area contributed by atoms with Crippen molar-refractivity contribution >= 4 is 44.1 Å². The summed E-state index contributed by atoms with van der Waals surface area (Å²) in [7, 11) is 1.59. The number of ketones is 1. The van der Waals surface area contributed by atoms with Gasteiger partial charge in [0, 0.05) is 12.0 Å². The Bertz CT molecular complexity index is 1710. The molecule has 0 unspecified atom stereocenters. The van der Waals surface area contributed by atoms with Crippen LogP contribution in [0.1, 0.15) is 55.8 Å². The van der Waals surface area contributed by atoms with Gasteiger partial charge in [0.1, 0.15) is 29.1 Å². The van der Waals surface area contributed by atoms with Crippen molar-refractivity contribution in [2.75, 3.05) is 18.6 Å². The van der Waals surface area contributed by atoms with Crippen LogP contribution in [0.25, 0.3) is 16.0 Å². The number of hydrogen-bond donors (Lipinski definition) is 1. The number of methoxy groups -OCH3 is 1. The molecule has 2 aliphatic heterocycles. The molecule has 42 heavy (non-hydrogen) atoms. The zero-order chi connectivity index (χ0) is 29.4. The van der Waals surface area contributed by atoms with E-state index in [-0.39, 0.29) is 17.4 Å². The third kappa shape index (κ3) is 5.09. The van der Waals surface area contributed by atoms with Gasteiger partial charge in [0.15, 0.2) is 5.13 Å². The van der Waals surface area contributed by atoms with Gasteiger partial charge in [-0.1, -0.05) is 43.2 Å². The Morgan fingerprint density at radius 3 is 2.76 bits per heavy atom. The van der Waals surface area contributed by atoms with Crippen LogP contribution in [0, 0.1) is 0 Å². The summed E-state index contributed by atoms with van der Waals surface area (Å²) >= 11 is 1.29. The molecule has 2 aliphatic rings. The van der Waals surface area contributed by atoms with Crippen LogP contribution >= 0.6 is 11.3 Å². The lowest BCUT2D eigenvalue weighted by molar-refractivity contribution is -0.132. The van der Waals surface area contributed by atoms with Gasteiger partial charge in [0.2, 0.25) is 0 Å². The van der Waals surface area contributed by atoms with Crippen molar-refractivity contribution in [3.8, 4) is 17.2 Å². The van der Waals surface area contributed by atoms with E-state index in [0.29, 0.717) is 46.3 Å². The predicted molar refractivity (Wildman–Crippen MR) is 163 cm³/mol. The van der Waals surface area contributed by atoms with E-state index in [9.17, 15) is 14.7 Å².